The highest BCUT2D eigenvalue weighted by molar-refractivity contribution is 6.87. The fourth-order valence-electron chi connectivity index (χ4n) is 6.21. The zero-order valence-corrected chi connectivity index (χ0v) is 25.8. The minimum absolute atomic E-state index is 0.283. The SMILES string of the molecule is CC[Si](C#Cc1cc2c(o1)C=CC1C2=CC=C2c3cc(C#C[Si](CC)(CC)CC)oc3C=CC21)(CC)CC. The lowest BCUT2D eigenvalue weighted by atomic mass is 9.70. The highest BCUT2D eigenvalue weighted by Crippen LogP contribution is 2.49. The number of furan rings is 2. The maximum atomic E-state index is 6.22. The molecule has 3 aliphatic carbocycles. The molecule has 5 rings (SSSR count). The molecule has 2 heterocycles. The van der Waals surface area contributed by atoms with Gasteiger partial charge in [0, 0.05) is 35.1 Å². The van der Waals surface area contributed by atoms with Gasteiger partial charge in [-0.3, -0.25) is 0 Å². The van der Waals surface area contributed by atoms with Crippen molar-refractivity contribution in [2.45, 2.75) is 77.8 Å². The molecule has 3 aliphatic rings. The lowest BCUT2D eigenvalue weighted by Crippen LogP contribution is -2.29. The Morgan fingerprint density at radius 1 is 0.605 bits per heavy atom. The van der Waals surface area contributed by atoms with Crippen molar-refractivity contribution >= 4 is 39.4 Å². The van der Waals surface area contributed by atoms with E-state index in [1.165, 1.54) is 58.5 Å². The van der Waals surface area contributed by atoms with Gasteiger partial charge < -0.3 is 8.83 Å². The zero-order valence-electron chi connectivity index (χ0n) is 23.8. The first-order chi connectivity index (χ1) is 18.4. The van der Waals surface area contributed by atoms with Crippen LogP contribution < -0.4 is 0 Å². The Morgan fingerprint density at radius 3 is 1.32 bits per heavy atom. The van der Waals surface area contributed by atoms with E-state index in [1.54, 1.807) is 0 Å². The zero-order chi connectivity index (χ0) is 26.9. The molecule has 0 fully saturated rings. The van der Waals surface area contributed by atoms with E-state index in [0.29, 0.717) is 0 Å². The van der Waals surface area contributed by atoms with Gasteiger partial charge in [0.25, 0.3) is 0 Å². The largest absolute Gasteiger partial charge is 0.448 e. The summed E-state index contributed by atoms with van der Waals surface area (Å²) in [6.45, 7) is 13.8. The fourth-order valence-corrected chi connectivity index (χ4v) is 11.0. The van der Waals surface area contributed by atoms with Crippen molar-refractivity contribution in [3.63, 3.8) is 0 Å². The molecule has 2 unspecified atom stereocenters. The van der Waals surface area contributed by atoms with Crippen LogP contribution in [0.3, 0.4) is 0 Å². The number of fused-ring (bicyclic) bond motifs is 7. The lowest BCUT2D eigenvalue weighted by Gasteiger charge is -2.33. The predicted octanol–water partition coefficient (Wildman–Crippen LogP) is 9.44. The van der Waals surface area contributed by atoms with Crippen LogP contribution in [0.15, 0.2) is 45.3 Å². The van der Waals surface area contributed by atoms with E-state index >= 15 is 0 Å². The molecule has 38 heavy (non-hydrogen) atoms. The van der Waals surface area contributed by atoms with Crippen LogP contribution >= 0.6 is 0 Å². The molecule has 0 saturated heterocycles. The van der Waals surface area contributed by atoms with E-state index in [2.05, 4.69) is 113 Å². The van der Waals surface area contributed by atoms with Crippen molar-refractivity contribution in [1.82, 2.24) is 0 Å². The maximum absolute atomic E-state index is 6.22. The molecule has 2 aromatic heterocycles. The van der Waals surface area contributed by atoms with E-state index < -0.39 is 16.1 Å². The minimum Gasteiger partial charge on any atom is -0.448 e. The topological polar surface area (TPSA) is 26.3 Å². The van der Waals surface area contributed by atoms with Gasteiger partial charge in [-0.2, -0.15) is 0 Å². The van der Waals surface area contributed by atoms with E-state index in [9.17, 15) is 0 Å². The highest BCUT2D eigenvalue weighted by atomic mass is 28.3. The molecule has 0 radical (unpaired) electrons. The summed E-state index contributed by atoms with van der Waals surface area (Å²) >= 11 is 0. The van der Waals surface area contributed by atoms with E-state index in [4.69, 9.17) is 8.83 Å². The Bertz CT molecular complexity index is 1330. The molecule has 2 atom stereocenters. The summed E-state index contributed by atoms with van der Waals surface area (Å²) in [6.07, 6.45) is 13.5. The molecule has 2 aromatic rings. The highest BCUT2D eigenvalue weighted by Gasteiger charge is 2.36. The van der Waals surface area contributed by atoms with E-state index in [1.807, 2.05) is 0 Å². The third kappa shape index (κ3) is 4.59. The third-order valence-corrected chi connectivity index (χ3v) is 19.0. The monoisotopic (exact) mass is 536 g/mol. The average Bonchev–Trinajstić information content (AvgIpc) is 3.59. The van der Waals surface area contributed by atoms with E-state index in [-0.39, 0.29) is 11.8 Å². The molecule has 0 spiro atoms. The molecular weight excluding hydrogens is 497 g/mol. The second-order valence-electron chi connectivity index (χ2n) is 11.0. The summed E-state index contributed by atoms with van der Waals surface area (Å²) < 4.78 is 12.4. The first-order valence-electron chi connectivity index (χ1n) is 14.6. The van der Waals surface area contributed by atoms with Gasteiger partial charge in [-0.25, -0.2) is 0 Å². The van der Waals surface area contributed by atoms with Crippen LogP contribution in [0.4, 0.5) is 0 Å². The molecular formula is C34H40O2Si2. The fraction of sp³-hybridized carbons (Fsp3) is 0.412. The summed E-state index contributed by atoms with van der Waals surface area (Å²) in [5, 5.41) is 0. The second-order valence-corrected chi connectivity index (χ2v) is 20.8. The number of rotatable bonds is 6. The molecule has 4 heteroatoms. The maximum Gasteiger partial charge on any atom is 0.177 e. The smallest absolute Gasteiger partial charge is 0.177 e. The molecule has 0 aliphatic heterocycles. The van der Waals surface area contributed by atoms with Gasteiger partial charge in [0.15, 0.2) is 11.5 Å². The Hall–Kier alpha value is -2.93. The van der Waals surface area contributed by atoms with Crippen LogP contribution in [0.25, 0.3) is 23.3 Å². The van der Waals surface area contributed by atoms with Crippen molar-refractivity contribution in [1.29, 1.82) is 0 Å². The first-order valence-corrected chi connectivity index (χ1v) is 19.8. The summed E-state index contributed by atoms with van der Waals surface area (Å²) in [5.41, 5.74) is 12.4. The van der Waals surface area contributed by atoms with Crippen LogP contribution in [-0.4, -0.2) is 16.1 Å². The average molecular weight is 537 g/mol. The minimum atomic E-state index is -1.51. The summed E-state index contributed by atoms with van der Waals surface area (Å²) in [4.78, 5) is 0. The van der Waals surface area contributed by atoms with Gasteiger partial charge in [0.1, 0.15) is 27.7 Å². The number of allylic oxidation sites excluding steroid dienone is 6. The van der Waals surface area contributed by atoms with Crippen LogP contribution in [0.5, 0.6) is 0 Å². The van der Waals surface area contributed by atoms with Crippen LogP contribution in [0.2, 0.25) is 36.3 Å². The Balaban J connectivity index is 1.46. The van der Waals surface area contributed by atoms with Crippen LogP contribution in [0.1, 0.15) is 75.7 Å². The first kappa shape index (κ1) is 26.7. The molecule has 2 nitrogen and oxygen atoms in total. The molecule has 0 bridgehead atoms. The molecule has 0 saturated carbocycles. The normalized spacial score (nSPS) is 19.1. The predicted molar refractivity (Wildman–Crippen MR) is 167 cm³/mol. The third-order valence-electron chi connectivity index (χ3n) is 9.56. The van der Waals surface area contributed by atoms with Gasteiger partial charge in [-0.05, 0) is 71.4 Å². The Morgan fingerprint density at radius 2 is 0.974 bits per heavy atom. The van der Waals surface area contributed by atoms with Gasteiger partial charge in [0.05, 0.1) is 0 Å². The van der Waals surface area contributed by atoms with Gasteiger partial charge in [0.2, 0.25) is 0 Å². The standard InChI is InChI=1S/C34H40O2Si2/c1-7-37(8-2,9-3)21-19-25-23-31-29-13-14-30-28(27(29)15-17-33(31)35-25)16-18-34-32(30)24-26(36-34)20-22-38(10-4,11-5)12-6/h13-18,23-24,27-28H,7-12H2,1-6H3. The van der Waals surface area contributed by atoms with Crippen molar-refractivity contribution < 1.29 is 8.83 Å². The number of hydrogen-bond donors (Lipinski definition) is 0. The van der Waals surface area contributed by atoms with Crippen molar-refractivity contribution in [3.8, 4) is 22.9 Å². The summed E-state index contributed by atoms with van der Waals surface area (Å²) in [7, 11) is -3.03. The molecule has 0 aromatic carbocycles. The Kier molecular flexibility index (Phi) is 7.50. The van der Waals surface area contributed by atoms with Gasteiger partial charge in [-0.15, -0.1) is 11.1 Å². The van der Waals surface area contributed by atoms with Gasteiger partial charge >= 0.3 is 0 Å². The molecule has 196 valence electrons. The number of hydrogen-bond acceptors (Lipinski definition) is 2. The van der Waals surface area contributed by atoms with Crippen molar-refractivity contribution in [2.24, 2.45) is 11.8 Å². The lowest BCUT2D eigenvalue weighted by molar-refractivity contribution is 0.537. The molecule has 0 N–H and O–H groups in total. The summed E-state index contributed by atoms with van der Waals surface area (Å²) in [6, 6.07) is 11.5. The second kappa shape index (κ2) is 10.7. The van der Waals surface area contributed by atoms with Crippen molar-refractivity contribution in [2.75, 3.05) is 0 Å². The Labute approximate surface area is 231 Å². The van der Waals surface area contributed by atoms with E-state index in [0.717, 1.165) is 23.0 Å². The molecule has 0 amide bonds. The summed E-state index contributed by atoms with van der Waals surface area (Å²) in [5.74, 6) is 10.9. The quantitative estimate of drug-likeness (QED) is 0.271. The van der Waals surface area contributed by atoms with Crippen molar-refractivity contribution in [3.05, 3.63) is 70.6 Å². The van der Waals surface area contributed by atoms with Gasteiger partial charge in [-0.1, -0.05) is 65.8 Å². The van der Waals surface area contributed by atoms with Crippen LogP contribution in [-0.2, 0) is 0 Å². The van der Waals surface area contributed by atoms with Crippen LogP contribution in [0, 0.1) is 34.8 Å².